The maximum atomic E-state index is 13.5. The zero-order chi connectivity index (χ0) is 24.7. The number of hydrogen-bond acceptors (Lipinski definition) is 6. The molecule has 4 aromatic rings. The summed E-state index contributed by atoms with van der Waals surface area (Å²) in [6, 6.07) is 12.9. The van der Waals surface area contributed by atoms with E-state index >= 15 is 0 Å². The van der Waals surface area contributed by atoms with E-state index in [1.165, 1.54) is 12.1 Å². The van der Waals surface area contributed by atoms with Crippen molar-refractivity contribution in [3.8, 4) is 28.0 Å². The number of carbonyl (C=O) groups is 3. The first-order valence-corrected chi connectivity index (χ1v) is 11.5. The monoisotopic (exact) mass is 485 g/mol. The van der Waals surface area contributed by atoms with Gasteiger partial charge in [0.05, 0.1) is 0 Å². The summed E-state index contributed by atoms with van der Waals surface area (Å²) in [6.45, 7) is 2.09. The van der Waals surface area contributed by atoms with Crippen LogP contribution in [-0.2, 0) is 6.61 Å². The average molecular weight is 486 g/mol. The molecule has 0 bridgehead atoms. The summed E-state index contributed by atoms with van der Waals surface area (Å²) in [6.07, 6.45) is 0. The fraction of sp³-hybridized carbons (Fsp3) is 0.0769. The van der Waals surface area contributed by atoms with E-state index in [4.69, 9.17) is 10.5 Å². The van der Waals surface area contributed by atoms with Crippen molar-refractivity contribution in [1.82, 2.24) is 4.98 Å². The molecular weight excluding hydrogens is 466 g/mol. The number of anilines is 1. The molecule has 8 nitrogen and oxygen atoms in total. The van der Waals surface area contributed by atoms with Gasteiger partial charge in [0.2, 0.25) is 5.91 Å². The van der Waals surface area contributed by atoms with Crippen molar-refractivity contribution in [1.29, 1.82) is 0 Å². The van der Waals surface area contributed by atoms with Gasteiger partial charge in [-0.1, -0.05) is 6.07 Å². The molecule has 5 rings (SSSR count). The molecule has 0 unspecified atom stereocenters. The molecule has 3 heterocycles. The number of benzene rings is 2. The van der Waals surface area contributed by atoms with Crippen LogP contribution in [0.1, 0.15) is 42.5 Å². The molecule has 0 saturated carbocycles. The molecule has 35 heavy (non-hydrogen) atoms. The van der Waals surface area contributed by atoms with Crippen LogP contribution in [0.15, 0.2) is 59.3 Å². The zero-order valence-electron chi connectivity index (χ0n) is 18.5. The van der Waals surface area contributed by atoms with Gasteiger partial charge in [-0.05, 0) is 60.1 Å². The molecule has 0 fully saturated rings. The number of carbonyl (C=O) groups excluding carboxylic acids is 2. The van der Waals surface area contributed by atoms with Gasteiger partial charge < -0.3 is 20.9 Å². The third kappa shape index (κ3) is 4.13. The smallest absolute Gasteiger partial charge is 0.355 e. The van der Waals surface area contributed by atoms with E-state index in [1.807, 2.05) is 10.8 Å². The maximum Gasteiger partial charge on any atom is 0.355 e. The Morgan fingerprint density at radius 1 is 1.00 bits per heavy atom. The lowest BCUT2D eigenvalue weighted by Crippen LogP contribution is -2.16. The minimum Gasteiger partial charge on any atom is -0.488 e. The number of thiophene rings is 1. The van der Waals surface area contributed by atoms with E-state index in [1.54, 1.807) is 54.7 Å². The molecule has 0 saturated heterocycles. The van der Waals surface area contributed by atoms with Crippen molar-refractivity contribution in [3.05, 3.63) is 87.4 Å². The van der Waals surface area contributed by atoms with Crippen LogP contribution in [0.4, 0.5) is 5.69 Å². The molecule has 0 atom stereocenters. The topological polar surface area (TPSA) is 132 Å². The highest BCUT2D eigenvalue weighted by Gasteiger charge is 2.26. The van der Waals surface area contributed by atoms with Gasteiger partial charge in [0.25, 0.3) is 5.91 Å². The van der Waals surface area contributed by atoms with E-state index in [0.29, 0.717) is 40.4 Å². The van der Waals surface area contributed by atoms with Crippen LogP contribution in [0.3, 0.4) is 0 Å². The minimum absolute atomic E-state index is 0.156. The number of rotatable bonds is 5. The van der Waals surface area contributed by atoms with Crippen molar-refractivity contribution in [3.63, 3.8) is 0 Å². The molecule has 9 heteroatoms. The lowest BCUT2D eigenvalue weighted by Gasteiger charge is -2.22. The van der Waals surface area contributed by atoms with E-state index in [-0.39, 0.29) is 11.3 Å². The molecule has 174 valence electrons. The summed E-state index contributed by atoms with van der Waals surface area (Å²) >= 11 is 1.54. The Kier molecular flexibility index (Phi) is 5.54. The second-order valence-corrected chi connectivity index (χ2v) is 8.79. The Bertz CT molecular complexity index is 1510. The quantitative estimate of drug-likeness (QED) is 0.375. The van der Waals surface area contributed by atoms with E-state index in [0.717, 1.165) is 16.7 Å². The number of nitrogens with two attached hydrogens (primary N) is 1. The van der Waals surface area contributed by atoms with Crippen LogP contribution in [0.5, 0.6) is 5.75 Å². The zero-order valence-corrected chi connectivity index (χ0v) is 19.3. The minimum atomic E-state index is -1.20. The summed E-state index contributed by atoms with van der Waals surface area (Å²) in [4.78, 5) is 41.0. The van der Waals surface area contributed by atoms with Crippen LogP contribution in [0.25, 0.3) is 22.3 Å². The number of carboxylic acid groups (broad SMARTS) is 1. The van der Waals surface area contributed by atoms with Crippen LogP contribution < -0.4 is 15.8 Å². The van der Waals surface area contributed by atoms with Gasteiger partial charge in [-0.2, -0.15) is 11.3 Å². The molecule has 0 spiro atoms. The number of aromatic carboxylic acids is 1. The van der Waals surface area contributed by atoms with Gasteiger partial charge in [-0.15, -0.1) is 0 Å². The normalized spacial score (nSPS) is 11.7. The molecule has 2 aromatic carbocycles. The van der Waals surface area contributed by atoms with Crippen molar-refractivity contribution in [2.75, 3.05) is 5.32 Å². The lowest BCUT2D eigenvalue weighted by atomic mass is 9.91. The first kappa shape index (κ1) is 22.3. The molecule has 0 aliphatic carbocycles. The van der Waals surface area contributed by atoms with Crippen molar-refractivity contribution in [2.45, 2.75) is 13.5 Å². The van der Waals surface area contributed by atoms with Crippen molar-refractivity contribution < 1.29 is 24.2 Å². The number of pyridine rings is 1. The third-order valence-corrected chi connectivity index (χ3v) is 6.53. The van der Waals surface area contributed by atoms with Gasteiger partial charge in [0.15, 0.2) is 5.69 Å². The Labute approximate surface area is 204 Å². The third-order valence-electron chi connectivity index (χ3n) is 5.73. The van der Waals surface area contributed by atoms with Crippen LogP contribution in [-0.4, -0.2) is 27.9 Å². The van der Waals surface area contributed by atoms with Gasteiger partial charge in [-0.3, -0.25) is 9.59 Å². The first-order valence-electron chi connectivity index (χ1n) is 10.6. The van der Waals surface area contributed by atoms with E-state index < -0.39 is 17.8 Å². The summed E-state index contributed by atoms with van der Waals surface area (Å²) < 4.78 is 5.95. The predicted octanol–water partition coefficient (Wildman–Crippen LogP) is 4.73. The number of nitrogens with zero attached hydrogens (tertiary/aromatic N) is 1. The van der Waals surface area contributed by atoms with Crippen molar-refractivity contribution >= 4 is 34.8 Å². The fourth-order valence-corrected chi connectivity index (χ4v) is 4.84. The number of nitrogens with one attached hydrogen (secondary N) is 1. The molecule has 1 aliphatic heterocycles. The number of fused-ring (bicyclic) bond motifs is 3. The Morgan fingerprint density at radius 2 is 1.77 bits per heavy atom. The van der Waals surface area contributed by atoms with Gasteiger partial charge in [0.1, 0.15) is 12.4 Å². The Balaban J connectivity index is 1.65. The van der Waals surface area contributed by atoms with Crippen LogP contribution in [0.2, 0.25) is 0 Å². The van der Waals surface area contributed by atoms with Gasteiger partial charge in [0, 0.05) is 50.3 Å². The highest BCUT2D eigenvalue weighted by molar-refractivity contribution is 7.08. The molecular formula is C26H19N3O5S. The number of amides is 2. The van der Waals surface area contributed by atoms with E-state index in [2.05, 4.69) is 10.3 Å². The first-order chi connectivity index (χ1) is 16.8. The number of carboxylic acids is 1. The standard InChI is InChI=1S/C26H19N3O5S/c1-13-2-7-17(23(28-13)26(32)33)18-9-22-19(21-12-35-11-15(21)10-34-22)8-20(18)25(31)29-16-5-3-14(4-6-16)24(27)30/h2-9,11-12H,10H2,1H3,(H2,27,30)(H,29,31)(H,32,33). The van der Waals surface area contributed by atoms with Crippen molar-refractivity contribution in [2.24, 2.45) is 5.73 Å². The highest BCUT2D eigenvalue weighted by atomic mass is 32.1. The number of primary amides is 1. The summed E-state index contributed by atoms with van der Waals surface area (Å²) in [5.74, 6) is -1.66. The second-order valence-electron chi connectivity index (χ2n) is 8.04. The summed E-state index contributed by atoms with van der Waals surface area (Å²) in [5.41, 5.74) is 10.2. The van der Waals surface area contributed by atoms with Gasteiger partial charge >= 0.3 is 5.97 Å². The van der Waals surface area contributed by atoms with Crippen LogP contribution in [0, 0.1) is 6.92 Å². The maximum absolute atomic E-state index is 13.5. The number of ether oxygens (including phenoxy) is 1. The highest BCUT2D eigenvalue weighted by Crippen LogP contribution is 2.43. The fourth-order valence-electron chi connectivity index (χ4n) is 4.00. The van der Waals surface area contributed by atoms with E-state index in [9.17, 15) is 19.5 Å². The number of aromatic nitrogens is 1. The number of aryl methyl sites for hydroxylation is 1. The SMILES string of the molecule is Cc1ccc(-c2cc3c(cc2C(=O)Nc2ccc(C(N)=O)cc2)-c2cscc2CO3)c(C(=O)O)n1. The molecule has 0 radical (unpaired) electrons. The molecule has 1 aliphatic rings. The van der Waals surface area contributed by atoms with Gasteiger partial charge in [-0.25, -0.2) is 9.78 Å². The Hall–Kier alpha value is -4.50. The number of hydrogen-bond donors (Lipinski definition) is 3. The largest absolute Gasteiger partial charge is 0.488 e. The molecule has 2 aromatic heterocycles. The molecule has 2 amide bonds. The van der Waals surface area contributed by atoms with Crippen LogP contribution >= 0.6 is 11.3 Å². The summed E-state index contributed by atoms with van der Waals surface area (Å²) in [7, 11) is 0. The predicted molar refractivity (Wildman–Crippen MR) is 132 cm³/mol. The second kappa shape index (κ2) is 8.69. The molecule has 4 N–H and O–H groups in total. The Morgan fingerprint density at radius 3 is 2.49 bits per heavy atom. The average Bonchev–Trinajstić information content (AvgIpc) is 3.33. The lowest BCUT2D eigenvalue weighted by molar-refractivity contribution is 0.0690. The summed E-state index contributed by atoms with van der Waals surface area (Å²) in [5, 5.41) is 16.6.